The van der Waals surface area contributed by atoms with Crippen molar-refractivity contribution in [3.63, 3.8) is 0 Å². The van der Waals surface area contributed by atoms with E-state index < -0.39 is 17.1 Å². The van der Waals surface area contributed by atoms with E-state index in [4.69, 9.17) is 4.74 Å². The van der Waals surface area contributed by atoms with Crippen molar-refractivity contribution >= 4 is 11.6 Å². The van der Waals surface area contributed by atoms with Gasteiger partial charge in [0.25, 0.3) is 0 Å². The molecule has 0 unspecified atom stereocenters. The largest absolute Gasteiger partial charge is 0.487 e. The highest BCUT2D eigenvalue weighted by molar-refractivity contribution is 5.73. The second-order valence-corrected chi connectivity index (χ2v) is 10.8. The number of rotatable bonds is 12. The van der Waals surface area contributed by atoms with E-state index in [1.807, 2.05) is 6.92 Å². The highest BCUT2D eigenvalue weighted by Crippen LogP contribution is 2.46. The second-order valence-electron chi connectivity index (χ2n) is 10.8. The Morgan fingerprint density at radius 1 is 1.22 bits per heavy atom. The number of hydrogen-bond acceptors (Lipinski definition) is 6. The highest BCUT2D eigenvalue weighted by atomic mass is 16.6. The summed E-state index contributed by atoms with van der Waals surface area (Å²) in [5, 5.41) is 28.9. The van der Waals surface area contributed by atoms with Crippen molar-refractivity contribution in [3.05, 3.63) is 69.3 Å². The van der Waals surface area contributed by atoms with E-state index >= 15 is 0 Å². The lowest BCUT2D eigenvalue weighted by atomic mass is 9.85. The van der Waals surface area contributed by atoms with Crippen molar-refractivity contribution in [3.8, 4) is 5.75 Å². The summed E-state index contributed by atoms with van der Waals surface area (Å²) in [6.07, 6.45) is 2.15. The summed E-state index contributed by atoms with van der Waals surface area (Å²) in [5.41, 5.74) is 3.00. The summed E-state index contributed by atoms with van der Waals surface area (Å²) in [6.45, 7) is 10.6. The number of nitrogens with zero attached hydrogens (tertiary/aromatic N) is 1. The summed E-state index contributed by atoms with van der Waals surface area (Å²) in [7, 11) is 0. The van der Waals surface area contributed by atoms with Crippen LogP contribution in [0.1, 0.15) is 70.6 Å². The third-order valence-electron chi connectivity index (χ3n) is 6.67. The molecular formula is C28H39N3O5. The zero-order valence-corrected chi connectivity index (χ0v) is 22.0. The van der Waals surface area contributed by atoms with E-state index in [-0.39, 0.29) is 28.3 Å². The minimum Gasteiger partial charge on any atom is -0.487 e. The summed E-state index contributed by atoms with van der Waals surface area (Å²) < 4.78 is 5.59. The van der Waals surface area contributed by atoms with Gasteiger partial charge in [-0.05, 0) is 53.9 Å². The third-order valence-corrected chi connectivity index (χ3v) is 6.67. The van der Waals surface area contributed by atoms with Crippen LogP contribution < -0.4 is 15.4 Å². The number of ether oxygens (including phenoxy) is 1. The van der Waals surface area contributed by atoms with Gasteiger partial charge in [-0.2, -0.15) is 0 Å². The van der Waals surface area contributed by atoms with Gasteiger partial charge in [-0.25, -0.2) is 0 Å². The Morgan fingerprint density at radius 3 is 2.53 bits per heavy atom. The van der Waals surface area contributed by atoms with Gasteiger partial charge in [-0.1, -0.05) is 58.0 Å². The molecule has 1 amide bonds. The first-order valence-corrected chi connectivity index (χ1v) is 12.7. The van der Waals surface area contributed by atoms with Crippen molar-refractivity contribution in [2.24, 2.45) is 0 Å². The molecule has 2 atom stereocenters. The fraction of sp³-hybridized carbons (Fsp3) is 0.536. The molecule has 36 heavy (non-hydrogen) atoms. The Bertz CT molecular complexity index is 1080. The molecule has 0 bridgehead atoms. The molecule has 3 N–H and O–H groups in total. The molecule has 8 heteroatoms. The first kappa shape index (κ1) is 27.6. The monoisotopic (exact) mass is 497 g/mol. The van der Waals surface area contributed by atoms with Crippen molar-refractivity contribution in [2.75, 3.05) is 13.2 Å². The highest BCUT2D eigenvalue weighted by Gasteiger charge is 2.44. The molecule has 0 aliphatic heterocycles. The number of carbonyl (C=O) groups excluding carboxylic acids is 1. The molecule has 2 aromatic rings. The molecule has 1 aliphatic carbocycles. The molecule has 0 aromatic heterocycles. The fourth-order valence-corrected chi connectivity index (χ4v) is 4.38. The van der Waals surface area contributed by atoms with E-state index in [1.54, 1.807) is 12.1 Å². The Morgan fingerprint density at radius 2 is 1.94 bits per heavy atom. The molecule has 0 radical (unpaired) electrons. The summed E-state index contributed by atoms with van der Waals surface area (Å²) in [5.74, 6) is -0.0494. The molecule has 1 aliphatic rings. The van der Waals surface area contributed by atoms with Crippen LogP contribution in [0.5, 0.6) is 5.75 Å². The zero-order valence-electron chi connectivity index (χ0n) is 22.0. The van der Waals surface area contributed by atoms with Crippen molar-refractivity contribution in [1.82, 2.24) is 10.6 Å². The number of aliphatic hydroxyl groups is 1. The van der Waals surface area contributed by atoms with Crippen LogP contribution in [0.25, 0.3) is 0 Å². The van der Waals surface area contributed by atoms with E-state index in [1.165, 1.54) is 24.1 Å². The summed E-state index contributed by atoms with van der Waals surface area (Å²) in [6, 6.07) is 12.7. The molecule has 0 saturated heterocycles. The number of hydrogen-bond donors (Lipinski definition) is 3. The van der Waals surface area contributed by atoms with Gasteiger partial charge < -0.3 is 20.5 Å². The molecule has 196 valence electrons. The Labute approximate surface area is 213 Å². The molecule has 1 fully saturated rings. The first-order chi connectivity index (χ1) is 16.9. The van der Waals surface area contributed by atoms with Gasteiger partial charge in [0, 0.05) is 25.1 Å². The number of benzene rings is 2. The molecule has 0 heterocycles. The zero-order chi connectivity index (χ0) is 26.5. The maximum atomic E-state index is 11.9. The topological polar surface area (TPSA) is 114 Å². The number of carbonyl (C=O) groups is 1. The number of amides is 1. The predicted octanol–water partition coefficient (Wildman–Crippen LogP) is 4.37. The molecule has 2 aromatic carbocycles. The number of nitro groups is 1. The number of nitrogens with one attached hydrogen (secondary N) is 2. The smallest absolute Gasteiger partial charge is 0.310 e. The normalized spacial score (nSPS) is 16.2. The lowest BCUT2D eigenvalue weighted by molar-refractivity contribution is -0.385. The van der Waals surface area contributed by atoms with Gasteiger partial charge in [0.15, 0.2) is 5.75 Å². The minimum atomic E-state index is -0.854. The van der Waals surface area contributed by atoms with Crippen LogP contribution >= 0.6 is 0 Å². The maximum absolute atomic E-state index is 11.9. The molecule has 8 nitrogen and oxygen atoms in total. The van der Waals surface area contributed by atoms with E-state index in [0.29, 0.717) is 19.6 Å². The van der Waals surface area contributed by atoms with E-state index in [0.717, 1.165) is 24.8 Å². The third kappa shape index (κ3) is 7.04. The van der Waals surface area contributed by atoms with Gasteiger partial charge in [-0.3, -0.25) is 14.9 Å². The van der Waals surface area contributed by atoms with Crippen molar-refractivity contribution in [2.45, 2.75) is 83.4 Å². The van der Waals surface area contributed by atoms with Crippen LogP contribution in [0.15, 0.2) is 42.5 Å². The minimum absolute atomic E-state index is 0.0482. The fourth-order valence-electron chi connectivity index (χ4n) is 4.38. The lowest BCUT2D eigenvalue weighted by Crippen LogP contribution is -2.49. The van der Waals surface area contributed by atoms with Gasteiger partial charge in [0.2, 0.25) is 5.91 Å². The maximum Gasteiger partial charge on any atom is 0.310 e. The standard InChI is InChI=1S/C28H39N3O5/c1-6-14-36-26-16-20(10-11-24(26)31(34)35)15-23(30-19(2)32)25(33)18-29-28(12-13-28)22-9-7-8-21(17-22)27(3,4)5/h7-11,16-17,23,25,29,33H,6,12-15,18H2,1-5H3,(H,30,32)/t23-,25+/m0/s1. The first-order valence-electron chi connectivity index (χ1n) is 12.7. The Hall–Kier alpha value is -2.97. The second kappa shape index (κ2) is 11.4. The molecule has 3 rings (SSSR count). The lowest BCUT2D eigenvalue weighted by Gasteiger charge is -2.28. The molecular weight excluding hydrogens is 458 g/mol. The van der Waals surface area contributed by atoms with E-state index in [2.05, 4.69) is 55.7 Å². The SMILES string of the molecule is CCCOc1cc(C[C@H](NC(C)=O)[C@H](O)CNC2(c3cccc(C(C)(C)C)c3)CC2)ccc1[N+](=O)[O-]. The van der Waals surface area contributed by atoms with Crippen LogP contribution in [0, 0.1) is 10.1 Å². The van der Waals surface area contributed by atoms with Gasteiger partial charge in [0.05, 0.1) is 23.7 Å². The van der Waals surface area contributed by atoms with Gasteiger partial charge >= 0.3 is 5.69 Å². The number of aliphatic hydroxyl groups excluding tert-OH is 1. The molecule has 1 saturated carbocycles. The quantitative estimate of drug-likeness (QED) is 0.296. The van der Waals surface area contributed by atoms with Crippen molar-refractivity contribution < 1.29 is 19.6 Å². The molecule has 0 spiro atoms. The van der Waals surface area contributed by atoms with Crippen molar-refractivity contribution in [1.29, 1.82) is 0 Å². The van der Waals surface area contributed by atoms with Crippen LogP contribution in [-0.4, -0.2) is 41.2 Å². The van der Waals surface area contributed by atoms with E-state index in [9.17, 15) is 20.0 Å². The van der Waals surface area contributed by atoms with Crippen LogP contribution in [0.2, 0.25) is 0 Å². The summed E-state index contributed by atoms with van der Waals surface area (Å²) >= 11 is 0. The van der Waals surface area contributed by atoms with Crippen LogP contribution in [0.3, 0.4) is 0 Å². The van der Waals surface area contributed by atoms with Crippen LogP contribution in [0.4, 0.5) is 5.69 Å². The summed E-state index contributed by atoms with van der Waals surface area (Å²) in [4.78, 5) is 22.8. The average Bonchev–Trinajstić information content (AvgIpc) is 3.61. The van der Waals surface area contributed by atoms with Crippen LogP contribution in [-0.2, 0) is 22.2 Å². The predicted molar refractivity (Wildman–Crippen MR) is 140 cm³/mol. The Kier molecular flexibility index (Phi) is 8.74. The van der Waals surface area contributed by atoms with Gasteiger partial charge in [-0.15, -0.1) is 0 Å². The number of nitro benzene ring substituents is 1. The van der Waals surface area contributed by atoms with Gasteiger partial charge in [0.1, 0.15) is 0 Å². The average molecular weight is 498 g/mol. The Balaban J connectivity index is 1.73.